The maximum Gasteiger partial charge on any atom is 0.255 e. The summed E-state index contributed by atoms with van der Waals surface area (Å²) < 4.78 is 13.4. The first kappa shape index (κ1) is 23.9. The molecule has 1 aliphatic rings. The van der Waals surface area contributed by atoms with Crippen molar-refractivity contribution in [2.45, 2.75) is 52.5 Å². The molecule has 0 bridgehead atoms. The third-order valence-corrected chi connectivity index (χ3v) is 6.11. The van der Waals surface area contributed by atoms with Crippen LogP contribution in [0.2, 0.25) is 0 Å². The second kappa shape index (κ2) is 10.7. The molecule has 0 saturated heterocycles. The van der Waals surface area contributed by atoms with Gasteiger partial charge in [0.15, 0.2) is 0 Å². The molecule has 0 spiro atoms. The molecule has 1 fully saturated rings. The Morgan fingerprint density at radius 1 is 1.09 bits per heavy atom. The fourth-order valence-electron chi connectivity index (χ4n) is 4.15. The van der Waals surface area contributed by atoms with Gasteiger partial charge in [0.05, 0.1) is 0 Å². The topological polar surface area (TPSA) is 75.4 Å². The minimum absolute atomic E-state index is 0.0992. The van der Waals surface area contributed by atoms with Crippen molar-refractivity contribution in [1.82, 2.24) is 4.90 Å². The van der Waals surface area contributed by atoms with E-state index in [1.165, 1.54) is 24.6 Å². The molecule has 5 nitrogen and oxygen atoms in total. The molecule has 6 heteroatoms. The zero-order valence-electron chi connectivity index (χ0n) is 19.1. The number of anilines is 1. The van der Waals surface area contributed by atoms with Crippen molar-refractivity contribution in [3.05, 3.63) is 65.5 Å². The van der Waals surface area contributed by atoms with Gasteiger partial charge in [-0.3, -0.25) is 9.59 Å². The van der Waals surface area contributed by atoms with Crippen LogP contribution >= 0.6 is 0 Å². The highest BCUT2D eigenvalue weighted by molar-refractivity contribution is 6.04. The van der Waals surface area contributed by atoms with Crippen molar-refractivity contribution in [2.75, 3.05) is 18.4 Å². The van der Waals surface area contributed by atoms with Gasteiger partial charge in [-0.15, -0.1) is 0 Å². The molecule has 1 saturated carbocycles. The molecular weight excluding hydrogens is 405 g/mol. The third-order valence-electron chi connectivity index (χ3n) is 6.11. The molecule has 0 unspecified atom stereocenters. The summed E-state index contributed by atoms with van der Waals surface area (Å²) in [6, 6.07) is 13.0. The normalized spacial score (nSPS) is 14.8. The summed E-state index contributed by atoms with van der Waals surface area (Å²) >= 11 is 0. The molecule has 3 rings (SSSR count). The van der Waals surface area contributed by atoms with E-state index >= 15 is 0 Å². The lowest BCUT2D eigenvalue weighted by Gasteiger charge is -2.35. The summed E-state index contributed by atoms with van der Waals surface area (Å²) in [6.45, 7) is 5.79. The average Bonchev–Trinajstić information content (AvgIpc) is 2.80. The predicted octanol–water partition coefficient (Wildman–Crippen LogP) is 4.97. The van der Waals surface area contributed by atoms with Crippen LogP contribution < -0.4 is 11.1 Å². The number of hydrogen-bond acceptors (Lipinski definition) is 3. The van der Waals surface area contributed by atoms with Gasteiger partial charge in [0.1, 0.15) is 5.82 Å². The van der Waals surface area contributed by atoms with Crippen LogP contribution in [0.25, 0.3) is 0 Å². The summed E-state index contributed by atoms with van der Waals surface area (Å²) in [6.07, 6.45) is 5.36. The Hall–Kier alpha value is -2.73. The highest BCUT2D eigenvalue weighted by Crippen LogP contribution is 2.28. The number of carbonyl (C=O) groups is 2. The van der Waals surface area contributed by atoms with Gasteiger partial charge in [0.25, 0.3) is 5.91 Å². The first-order valence-corrected chi connectivity index (χ1v) is 11.4. The lowest BCUT2D eigenvalue weighted by atomic mass is 9.87. The van der Waals surface area contributed by atoms with E-state index in [-0.39, 0.29) is 28.7 Å². The summed E-state index contributed by atoms with van der Waals surface area (Å²) in [5, 5.41) is 2.79. The standard InChI is InChI=1S/C26H34FN3O2/c1-26(2,17-28)18-30(25(32)20-7-4-3-5-8-20)16-19-11-13-23(14-12-19)29-24(31)21-9-6-10-22(27)15-21/h6,9-15,20H,3-5,7-8,16-18,28H2,1-2H3,(H,29,31). The number of nitrogens with one attached hydrogen (secondary N) is 1. The Morgan fingerprint density at radius 2 is 1.78 bits per heavy atom. The van der Waals surface area contributed by atoms with Crippen molar-refractivity contribution in [1.29, 1.82) is 0 Å². The molecule has 0 atom stereocenters. The zero-order chi connectivity index (χ0) is 23.1. The van der Waals surface area contributed by atoms with Crippen LogP contribution in [-0.4, -0.2) is 29.8 Å². The largest absolute Gasteiger partial charge is 0.338 e. The molecule has 0 heterocycles. The van der Waals surface area contributed by atoms with Crippen LogP contribution in [0.4, 0.5) is 10.1 Å². The number of rotatable bonds is 8. The first-order chi connectivity index (χ1) is 15.3. The van der Waals surface area contributed by atoms with Crippen LogP contribution in [0.15, 0.2) is 48.5 Å². The summed E-state index contributed by atoms with van der Waals surface area (Å²) in [5.41, 5.74) is 7.66. The molecule has 0 aliphatic heterocycles. The average molecular weight is 440 g/mol. The number of amides is 2. The van der Waals surface area contributed by atoms with Crippen LogP contribution in [0.3, 0.4) is 0 Å². The highest BCUT2D eigenvalue weighted by atomic mass is 19.1. The Labute approximate surface area is 190 Å². The van der Waals surface area contributed by atoms with E-state index in [4.69, 9.17) is 5.73 Å². The van der Waals surface area contributed by atoms with E-state index in [1.807, 2.05) is 29.2 Å². The monoisotopic (exact) mass is 439 g/mol. The van der Waals surface area contributed by atoms with Crippen molar-refractivity contribution in [3.8, 4) is 0 Å². The van der Waals surface area contributed by atoms with Crippen molar-refractivity contribution in [3.63, 3.8) is 0 Å². The van der Waals surface area contributed by atoms with Crippen LogP contribution in [0.1, 0.15) is 61.9 Å². The van der Waals surface area contributed by atoms with E-state index in [0.717, 1.165) is 31.2 Å². The molecule has 2 amide bonds. The van der Waals surface area contributed by atoms with Crippen molar-refractivity contribution < 1.29 is 14.0 Å². The van der Waals surface area contributed by atoms with E-state index in [2.05, 4.69) is 19.2 Å². The highest BCUT2D eigenvalue weighted by Gasteiger charge is 2.29. The van der Waals surface area contributed by atoms with Gasteiger partial charge >= 0.3 is 0 Å². The van der Waals surface area contributed by atoms with E-state index in [9.17, 15) is 14.0 Å². The van der Waals surface area contributed by atoms with Gasteiger partial charge in [0.2, 0.25) is 5.91 Å². The number of halogens is 1. The number of nitrogens with zero attached hydrogens (tertiary/aromatic N) is 1. The van der Waals surface area contributed by atoms with Crippen LogP contribution in [0, 0.1) is 17.2 Å². The smallest absolute Gasteiger partial charge is 0.255 e. The van der Waals surface area contributed by atoms with E-state index in [0.29, 0.717) is 25.3 Å². The molecule has 0 aromatic heterocycles. The predicted molar refractivity (Wildman–Crippen MR) is 126 cm³/mol. The fraction of sp³-hybridized carbons (Fsp3) is 0.462. The van der Waals surface area contributed by atoms with Gasteiger partial charge in [-0.25, -0.2) is 4.39 Å². The number of hydrogen-bond donors (Lipinski definition) is 2. The lowest BCUT2D eigenvalue weighted by Crippen LogP contribution is -2.44. The molecule has 172 valence electrons. The Kier molecular flexibility index (Phi) is 8.02. The Balaban J connectivity index is 1.68. The molecule has 32 heavy (non-hydrogen) atoms. The second-order valence-electron chi connectivity index (χ2n) is 9.56. The van der Waals surface area contributed by atoms with Crippen LogP contribution in [0.5, 0.6) is 0 Å². The second-order valence-corrected chi connectivity index (χ2v) is 9.56. The minimum Gasteiger partial charge on any atom is -0.338 e. The van der Waals surface area contributed by atoms with E-state index < -0.39 is 5.82 Å². The Bertz CT molecular complexity index is 921. The number of nitrogens with two attached hydrogens (primary N) is 1. The van der Waals surface area contributed by atoms with Gasteiger partial charge in [0, 0.05) is 30.3 Å². The van der Waals surface area contributed by atoms with Gasteiger partial charge < -0.3 is 16.0 Å². The molecular formula is C26H34FN3O2. The maximum atomic E-state index is 13.4. The third kappa shape index (κ3) is 6.63. The van der Waals surface area contributed by atoms with Crippen LogP contribution in [-0.2, 0) is 11.3 Å². The number of benzene rings is 2. The molecule has 3 N–H and O–H groups in total. The molecule has 2 aromatic carbocycles. The molecule has 0 radical (unpaired) electrons. The first-order valence-electron chi connectivity index (χ1n) is 11.4. The van der Waals surface area contributed by atoms with Crippen molar-refractivity contribution in [2.24, 2.45) is 17.1 Å². The zero-order valence-corrected chi connectivity index (χ0v) is 19.1. The quantitative estimate of drug-likeness (QED) is 0.610. The molecule has 2 aromatic rings. The number of carbonyl (C=O) groups excluding carboxylic acids is 2. The van der Waals surface area contributed by atoms with Crippen molar-refractivity contribution >= 4 is 17.5 Å². The minimum atomic E-state index is -0.448. The van der Waals surface area contributed by atoms with Gasteiger partial charge in [-0.1, -0.05) is 51.3 Å². The summed E-state index contributed by atoms with van der Waals surface area (Å²) in [5.74, 6) is -0.496. The Morgan fingerprint density at radius 3 is 2.41 bits per heavy atom. The van der Waals surface area contributed by atoms with E-state index in [1.54, 1.807) is 6.07 Å². The lowest BCUT2D eigenvalue weighted by molar-refractivity contribution is -0.138. The summed E-state index contributed by atoms with van der Waals surface area (Å²) in [4.78, 5) is 27.6. The SMILES string of the molecule is CC(C)(CN)CN(Cc1ccc(NC(=O)c2cccc(F)c2)cc1)C(=O)C1CCCCC1. The van der Waals surface area contributed by atoms with Gasteiger partial charge in [-0.05, 0) is 60.7 Å². The van der Waals surface area contributed by atoms with Gasteiger partial charge in [-0.2, -0.15) is 0 Å². The summed E-state index contributed by atoms with van der Waals surface area (Å²) in [7, 11) is 0. The molecule has 1 aliphatic carbocycles. The maximum absolute atomic E-state index is 13.4. The fourth-order valence-corrected chi connectivity index (χ4v) is 4.15.